The van der Waals surface area contributed by atoms with Crippen molar-refractivity contribution in [2.24, 2.45) is 5.14 Å². The maximum Gasteiger partial charge on any atom is 0.124 e. The molecule has 2 aromatic rings. The molecule has 14 heavy (non-hydrogen) atoms. The zero-order valence-electron chi connectivity index (χ0n) is 6.88. The van der Waals surface area contributed by atoms with Crippen LogP contribution in [0.15, 0.2) is 27.7 Å². The molecule has 1 aromatic heterocycles. The number of halogens is 2. The number of fused-ring (bicyclic) bond motifs is 1. The predicted octanol–water partition coefficient (Wildman–Crippen LogP) is 2.57. The minimum Gasteiger partial charge on any atom is -0.360 e. The lowest BCUT2D eigenvalue weighted by molar-refractivity contribution is 0.685. The molecule has 3 N–H and O–H groups in total. The van der Waals surface area contributed by atoms with E-state index in [1.807, 2.05) is 0 Å². The monoisotopic (exact) mass is 292 g/mol. The van der Waals surface area contributed by atoms with E-state index in [-0.39, 0.29) is 0 Å². The summed E-state index contributed by atoms with van der Waals surface area (Å²) < 4.78 is 11.9. The van der Waals surface area contributed by atoms with Gasteiger partial charge in [0, 0.05) is 21.6 Å². The van der Waals surface area contributed by atoms with Crippen LogP contribution in [-0.2, 0) is 11.0 Å². The molecule has 74 valence electrons. The van der Waals surface area contributed by atoms with Gasteiger partial charge >= 0.3 is 0 Å². The molecule has 0 aliphatic rings. The van der Waals surface area contributed by atoms with E-state index < -0.39 is 11.0 Å². The number of aromatic amines is 1. The summed E-state index contributed by atoms with van der Waals surface area (Å²) >= 11 is 9.20. The molecule has 0 saturated carbocycles. The average molecular weight is 294 g/mol. The van der Waals surface area contributed by atoms with Crippen LogP contribution in [0.3, 0.4) is 0 Å². The molecule has 1 heterocycles. The third kappa shape index (κ3) is 1.61. The summed E-state index contributed by atoms with van der Waals surface area (Å²) in [6.45, 7) is 0. The van der Waals surface area contributed by atoms with Gasteiger partial charge in [0.15, 0.2) is 0 Å². The zero-order valence-corrected chi connectivity index (χ0v) is 10.0. The molecular weight excluding hydrogens is 288 g/mol. The second-order valence-corrected chi connectivity index (χ2v) is 5.06. The van der Waals surface area contributed by atoms with Crippen molar-refractivity contribution >= 4 is 49.4 Å². The standard InChI is InChI=1S/C8H6BrClN2OS/c9-5-1-4-7(2-6(5)10)12-3-8(4)14(11)13/h1-3,12H,11H2. The van der Waals surface area contributed by atoms with Crippen LogP contribution in [0.2, 0.25) is 5.02 Å². The fourth-order valence-electron chi connectivity index (χ4n) is 1.26. The highest BCUT2D eigenvalue weighted by Crippen LogP contribution is 2.30. The molecule has 3 nitrogen and oxygen atoms in total. The zero-order chi connectivity index (χ0) is 10.3. The van der Waals surface area contributed by atoms with E-state index in [1.54, 1.807) is 18.3 Å². The Kier molecular flexibility index (Phi) is 2.66. The molecule has 0 radical (unpaired) electrons. The van der Waals surface area contributed by atoms with Crippen LogP contribution in [0, 0.1) is 0 Å². The molecule has 0 aliphatic carbocycles. The van der Waals surface area contributed by atoms with Gasteiger partial charge in [-0.25, -0.2) is 9.35 Å². The summed E-state index contributed by atoms with van der Waals surface area (Å²) in [5.74, 6) is 0. The smallest absolute Gasteiger partial charge is 0.124 e. The second-order valence-electron chi connectivity index (χ2n) is 2.76. The van der Waals surface area contributed by atoms with Crippen molar-refractivity contribution in [3.8, 4) is 0 Å². The van der Waals surface area contributed by atoms with Crippen molar-refractivity contribution in [3.63, 3.8) is 0 Å². The summed E-state index contributed by atoms with van der Waals surface area (Å²) in [5.41, 5.74) is 0.826. The van der Waals surface area contributed by atoms with Crippen LogP contribution >= 0.6 is 27.5 Å². The number of benzene rings is 1. The molecule has 0 fully saturated rings. The van der Waals surface area contributed by atoms with Crippen LogP contribution in [0.1, 0.15) is 0 Å². The van der Waals surface area contributed by atoms with Crippen molar-refractivity contribution < 1.29 is 4.21 Å². The van der Waals surface area contributed by atoms with Gasteiger partial charge < -0.3 is 4.98 Å². The maximum atomic E-state index is 11.1. The number of nitrogens with two attached hydrogens (primary N) is 1. The average Bonchev–Trinajstić information content (AvgIpc) is 2.48. The Labute approximate surface area is 96.3 Å². The van der Waals surface area contributed by atoms with Crippen LogP contribution < -0.4 is 5.14 Å². The van der Waals surface area contributed by atoms with Gasteiger partial charge in [-0.3, -0.25) is 0 Å². The molecule has 1 unspecified atom stereocenters. The van der Waals surface area contributed by atoms with Gasteiger partial charge in [-0.1, -0.05) is 11.6 Å². The van der Waals surface area contributed by atoms with E-state index in [9.17, 15) is 4.21 Å². The first-order chi connectivity index (χ1) is 6.59. The van der Waals surface area contributed by atoms with E-state index in [2.05, 4.69) is 20.9 Å². The molecule has 0 aliphatic heterocycles. The Bertz CT molecular complexity index is 525. The number of hydrogen-bond donors (Lipinski definition) is 2. The molecular formula is C8H6BrClN2OS. The third-order valence-corrected chi connectivity index (χ3v) is 3.87. The van der Waals surface area contributed by atoms with Gasteiger partial charge in [-0.15, -0.1) is 0 Å². The van der Waals surface area contributed by atoms with E-state index >= 15 is 0 Å². The van der Waals surface area contributed by atoms with E-state index in [0.717, 1.165) is 15.4 Å². The van der Waals surface area contributed by atoms with Crippen molar-refractivity contribution in [3.05, 3.63) is 27.8 Å². The van der Waals surface area contributed by atoms with Gasteiger partial charge in [0.05, 0.1) is 9.92 Å². The van der Waals surface area contributed by atoms with Crippen LogP contribution in [0.4, 0.5) is 0 Å². The first kappa shape index (κ1) is 10.2. The quantitative estimate of drug-likeness (QED) is 0.834. The summed E-state index contributed by atoms with van der Waals surface area (Å²) in [4.78, 5) is 3.54. The van der Waals surface area contributed by atoms with E-state index in [1.165, 1.54) is 0 Å². The Hall–Kier alpha value is -0.360. The lowest BCUT2D eigenvalue weighted by atomic mass is 10.2. The third-order valence-electron chi connectivity index (χ3n) is 1.90. The van der Waals surface area contributed by atoms with Crippen molar-refractivity contribution in [1.82, 2.24) is 4.98 Å². The summed E-state index contributed by atoms with van der Waals surface area (Å²) in [6.07, 6.45) is 1.63. The SMILES string of the molecule is NS(=O)c1c[nH]c2cc(Cl)c(Br)cc12. The van der Waals surface area contributed by atoms with Crippen molar-refractivity contribution in [1.29, 1.82) is 0 Å². The van der Waals surface area contributed by atoms with Crippen LogP contribution in [0.25, 0.3) is 10.9 Å². The number of nitrogens with one attached hydrogen (secondary N) is 1. The Morgan fingerprint density at radius 1 is 1.50 bits per heavy atom. The largest absolute Gasteiger partial charge is 0.360 e. The molecule has 0 bridgehead atoms. The van der Waals surface area contributed by atoms with Gasteiger partial charge in [-0.2, -0.15) is 0 Å². The lowest BCUT2D eigenvalue weighted by Crippen LogP contribution is -2.01. The van der Waals surface area contributed by atoms with E-state index in [4.69, 9.17) is 16.7 Å². The molecule has 1 aromatic carbocycles. The normalized spacial score (nSPS) is 13.4. The highest BCUT2D eigenvalue weighted by molar-refractivity contribution is 9.10. The molecule has 6 heteroatoms. The van der Waals surface area contributed by atoms with Crippen LogP contribution in [0.5, 0.6) is 0 Å². The lowest BCUT2D eigenvalue weighted by Gasteiger charge is -1.97. The molecule has 0 saturated heterocycles. The molecule has 1 atom stereocenters. The highest BCUT2D eigenvalue weighted by Gasteiger charge is 2.09. The fraction of sp³-hybridized carbons (Fsp3) is 0. The maximum absolute atomic E-state index is 11.1. The van der Waals surface area contributed by atoms with E-state index in [0.29, 0.717) is 9.92 Å². The molecule has 0 amide bonds. The minimum atomic E-state index is -1.48. The van der Waals surface area contributed by atoms with Gasteiger partial charge in [-0.05, 0) is 28.1 Å². The number of aromatic nitrogens is 1. The molecule has 2 rings (SSSR count). The van der Waals surface area contributed by atoms with Gasteiger partial charge in [0.25, 0.3) is 0 Å². The van der Waals surface area contributed by atoms with Crippen molar-refractivity contribution in [2.75, 3.05) is 0 Å². The Balaban J connectivity index is 2.80. The topological polar surface area (TPSA) is 58.9 Å². The number of hydrogen-bond acceptors (Lipinski definition) is 1. The fourth-order valence-corrected chi connectivity index (χ4v) is 2.33. The second kappa shape index (κ2) is 3.66. The van der Waals surface area contributed by atoms with Crippen LogP contribution in [-0.4, -0.2) is 9.19 Å². The van der Waals surface area contributed by atoms with Crippen molar-refractivity contribution in [2.45, 2.75) is 4.90 Å². The number of rotatable bonds is 1. The Morgan fingerprint density at radius 2 is 2.21 bits per heavy atom. The highest BCUT2D eigenvalue weighted by atomic mass is 79.9. The first-order valence-corrected chi connectivity index (χ1v) is 6.10. The first-order valence-electron chi connectivity index (χ1n) is 3.72. The Morgan fingerprint density at radius 3 is 2.86 bits per heavy atom. The summed E-state index contributed by atoms with van der Waals surface area (Å²) in [6, 6.07) is 3.56. The molecule has 0 spiro atoms. The van der Waals surface area contributed by atoms with Gasteiger partial charge in [0.1, 0.15) is 11.0 Å². The number of H-pyrrole nitrogens is 1. The minimum absolute atomic E-state index is 0.581. The summed E-state index contributed by atoms with van der Waals surface area (Å²) in [7, 11) is -1.48. The predicted molar refractivity (Wildman–Crippen MR) is 61.6 cm³/mol. The summed E-state index contributed by atoms with van der Waals surface area (Å²) in [5, 5.41) is 6.74. The van der Waals surface area contributed by atoms with Gasteiger partial charge in [0.2, 0.25) is 0 Å².